The lowest BCUT2D eigenvalue weighted by Gasteiger charge is -2.33. The van der Waals surface area contributed by atoms with E-state index < -0.39 is 0 Å². The Kier molecular flexibility index (Phi) is 2.51. The van der Waals surface area contributed by atoms with Gasteiger partial charge in [-0.1, -0.05) is 30.3 Å². The van der Waals surface area contributed by atoms with Gasteiger partial charge in [0.05, 0.1) is 5.92 Å². The molecule has 0 unspecified atom stereocenters. The van der Waals surface area contributed by atoms with Crippen molar-refractivity contribution in [3.8, 4) is 0 Å². The van der Waals surface area contributed by atoms with E-state index >= 15 is 0 Å². The maximum absolute atomic E-state index is 11.8. The second-order valence-electron chi connectivity index (χ2n) is 4.68. The van der Waals surface area contributed by atoms with Gasteiger partial charge in [0, 0.05) is 0 Å². The van der Waals surface area contributed by atoms with Crippen molar-refractivity contribution in [2.24, 2.45) is 0 Å². The molecule has 2 nitrogen and oxygen atoms in total. The molecule has 1 fully saturated rings. The highest BCUT2D eigenvalue weighted by atomic mass is 16.6. The van der Waals surface area contributed by atoms with Crippen LogP contribution in [-0.4, -0.2) is 11.6 Å². The Morgan fingerprint density at radius 1 is 1.27 bits per heavy atom. The molecule has 0 bridgehead atoms. The Bertz CT molecular complexity index is 354. The zero-order valence-corrected chi connectivity index (χ0v) is 9.19. The lowest BCUT2D eigenvalue weighted by atomic mass is 9.86. The smallest absolute Gasteiger partial charge is 0.313 e. The molecular formula is C13H16O2. The number of esters is 1. The first-order valence-electron chi connectivity index (χ1n) is 5.36. The van der Waals surface area contributed by atoms with Crippen LogP contribution in [0.15, 0.2) is 30.3 Å². The number of hydrogen-bond acceptors (Lipinski definition) is 2. The average Bonchev–Trinajstić information content (AvgIpc) is 2.17. The zero-order chi connectivity index (χ0) is 10.9. The van der Waals surface area contributed by atoms with E-state index in [-0.39, 0.29) is 17.5 Å². The van der Waals surface area contributed by atoms with Gasteiger partial charge in [0.1, 0.15) is 5.60 Å². The minimum Gasteiger partial charge on any atom is -0.459 e. The molecule has 2 heteroatoms. The Morgan fingerprint density at radius 2 is 1.93 bits per heavy atom. The lowest BCUT2D eigenvalue weighted by molar-refractivity contribution is -0.165. The van der Waals surface area contributed by atoms with Crippen molar-refractivity contribution in [1.82, 2.24) is 0 Å². The maximum atomic E-state index is 11.8. The van der Waals surface area contributed by atoms with Crippen molar-refractivity contribution in [3.63, 3.8) is 0 Å². The lowest BCUT2D eigenvalue weighted by Crippen LogP contribution is -2.36. The van der Waals surface area contributed by atoms with Crippen LogP contribution in [0.25, 0.3) is 0 Å². The summed E-state index contributed by atoms with van der Waals surface area (Å²) >= 11 is 0. The van der Waals surface area contributed by atoms with Gasteiger partial charge in [-0.25, -0.2) is 0 Å². The van der Waals surface area contributed by atoms with Crippen LogP contribution in [0.5, 0.6) is 0 Å². The first-order chi connectivity index (χ1) is 7.08. The van der Waals surface area contributed by atoms with Gasteiger partial charge in [0.2, 0.25) is 0 Å². The summed E-state index contributed by atoms with van der Waals surface area (Å²) in [6.07, 6.45) is 1.81. The quantitative estimate of drug-likeness (QED) is 0.657. The van der Waals surface area contributed by atoms with Gasteiger partial charge in [-0.15, -0.1) is 0 Å². The molecule has 15 heavy (non-hydrogen) atoms. The monoisotopic (exact) mass is 204 g/mol. The van der Waals surface area contributed by atoms with Crippen LogP contribution in [0, 0.1) is 0 Å². The van der Waals surface area contributed by atoms with Crippen molar-refractivity contribution in [2.45, 2.75) is 38.2 Å². The van der Waals surface area contributed by atoms with E-state index in [1.54, 1.807) is 0 Å². The summed E-state index contributed by atoms with van der Waals surface area (Å²) in [5.41, 5.74) is 0.778. The molecule has 1 heterocycles. The summed E-state index contributed by atoms with van der Waals surface area (Å²) in [6.45, 7) is 3.93. The largest absolute Gasteiger partial charge is 0.459 e. The number of rotatable bonds is 1. The van der Waals surface area contributed by atoms with Crippen molar-refractivity contribution in [1.29, 1.82) is 0 Å². The molecular weight excluding hydrogens is 188 g/mol. The summed E-state index contributed by atoms with van der Waals surface area (Å²) in [4.78, 5) is 11.8. The summed E-state index contributed by atoms with van der Waals surface area (Å²) in [5.74, 6) is -0.156. The van der Waals surface area contributed by atoms with Gasteiger partial charge >= 0.3 is 5.97 Å². The van der Waals surface area contributed by atoms with Crippen LogP contribution >= 0.6 is 0 Å². The first-order valence-corrected chi connectivity index (χ1v) is 5.36. The fourth-order valence-electron chi connectivity index (χ4n) is 1.99. The topological polar surface area (TPSA) is 26.3 Å². The molecule has 0 N–H and O–H groups in total. The van der Waals surface area contributed by atoms with Crippen LogP contribution < -0.4 is 0 Å². The fraction of sp³-hybridized carbons (Fsp3) is 0.462. The normalized spacial score (nSPS) is 24.7. The van der Waals surface area contributed by atoms with Crippen molar-refractivity contribution in [3.05, 3.63) is 35.9 Å². The van der Waals surface area contributed by atoms with E-state index in [9.17, 15) is 4.79 Å². The molecule has 0 radical (unpaired) electrons. The average molecular weight is 204 g/mol. The van der Waals surface area contributed by atoms with Crippen molar-refractivity contribution in [2.75, 3.05) is 0 Å². The number of cyclic esters (lactones) is 1. The van der Waals surface area contributed by atoms with E-state index in [1.165, 1.54) is 0 Å². The summed E-state index contributed by atoms with van der Waals surface area (Å²) in [7, 11) is 0. The minimum absolute atomic E-state index is 0.0702. The molecule has 0 aliphatic carbocycles. The van der Waals surface area contributed by atoms with Crippen LogP contribution in [-0.2, 0) is 9.53 Å². The third-order valence-corrected chi connectivity index (χ3v) is 2.90. The van der Waals surface area contributed by atoms with E-state index in [1.807, 2.05) is 44.2 Å². The van der Waals surface area contributed by atoms with Crippen LogP contribution in [0.3, 0.4) is 0 Å². The van der Waals surface area contributed by atoms with Crippen molar-refractivity contribution < 1.29 is 9.53 Å². The predicted molar refractivity (Wildman–Crippen MR) is 58.6 cm³/mol. The van der Waals surface area contributed by atoms with Gasteiger partial charge < -0.3 is 4.74 Å². The van der Waals surface area contributed by atoms with Gasteiger partial charge in [-0.3, -0.25) is 4.79 Å². The fourth-order valence-corrected chi connectivity index (χ4v) is 1.99. The van der Waals surface area contributed by atoms with Crippen LogP contribution in [0.4, 0.5) is 0 Å². The second-order valence-corrected chi connectivity index (χ2v) is 4.68. The van der Waals surface area contributed by atoms with Gasteiger partial charge in [-0.05, 0) is 32.3 Å². The number of hydrogen-bond donors (Lipinski definition) is 0. The highest BCUT2D eigenvalue weighted by Crippen LogP contribution is 2.34. The Balaban J connectivity index is 2.17. The molecule has 0 spiro atoms. The summed E-state index contributed by atoms with van der Waals surface area (Å²) in [5, 5.41) is 0. The number of carbonyl (C=O) groups is 1. The molecule has 80 valence electrons. The van der Waals surface area contributed by atoms with E-state index in [4.69, 9.17) is 4.74 Å². The standard InChI is InChI=1S/C13H16O2/c1-13(2)9-8-11(12(14)15-13)10-6-4-3-5-7-10/h3-7,11H,8-9H2,1-2H3/t11-/m1/s1. The Labute approximate surface area is 90.3 Å². The van der Waals surface area contributed by atoms with Crippen molar-refractivity contribution >= 4 is 5.97 Å². The third-order valence-electron chi connectivity index (χ3n) is 2.90. The third kappa shape index (κ3) is 2.20. The number of benzene rings is 1. The number of carbonyl (C=O) groups excluding carboxylic acids is 1. The highest BCUT2D eigenvalue weighted by molar-refractivity contribution is 5.79. The van der Waals surface area contributed by atoms with Gasteiger partial charge in [0.15, 0.2) is 0 Å². The molecule has 1 saturated heterocycles. The van der Waals surface area contributed by atoms with Crippen LogP contribution in [0.1, 0.15) is 38.2 Å². The first kappa shape index (κ1) is 10.2. The minimum atomic E-state index is -0.289. The maximum Gasteiger partial charge on any atom is 0.313 e. The van der Waals surface area contributed by atoms with E-state index in [0.29, 0.717) is 0 Å². The van der Waals surface area contributed by atoms with Crippen LogP contribution in [0.2, 0.25) is 0 Å². The summed E-state index contributed by atoms with van der Waals surface area (Å²) < 4.78 is 5.40. The highest BCUT2D eigenvalue weighted by Gasteiger charge is 2.35. The predicted octanol–water partition coefficient (Wildman–Crippen LogP) is 2.89. The van der Waals surface area contributed by atoms with E-state index in [0.717, 1.165) is 18.4 Å². The molecule has 1 atom stereocenters. The molecule has 1 aliphatic rings. The molecule has 1 aromatic carbocycles. The Morgan fingerprint density at radius 3 is 2.53 bits per heavy atom. The number of ether oxygens (including phenoxy) is 1. The van der Waals surface area contributed by atoms with E-state index in [2.05, 4.69) is 0 Å². The molecule has 0 aromatic heterocycles. The Hall–Kier alpha value is -1.31. The van der Waals surface area contributed by atoms with Gasteiger partial charge in [0.25, 0.3) is 0 Å². The molecule has 1 aliphatic heterocycles. The second kappa shape index (κ2) is 3.69. The summed E-state index contributed by atoms with van der Waals surface area (Å²) in [6, 6.07) is 9.86. The molecule has 0 saturated carbocycles. The zero-order valence-electron chi connectivity index (χ0n) is 9.19. The molecule has 2 rings (SSSR count). The molecule has 1 aromatic rings. The van der Waals surface area contributed by atoms with Gasteiger partial charge in [-0.2, -0.15) is 0 Å². The SMILES string of the molecule is CC1(C)CC[C@H](c2ccccc2)C(=O)O1. The molecule has 0 amide bonds.